The van der Waals surface area contributed by atoms with Gasteiger partial charge in [-0.3, -0.25) is 4.79 Å². The Labute approximate surface area is 153 Å². The third-order valence-electron chi connectivity index (χ3n) is 4.56. The first-order valence-corrected chi connectivity index (χ1v) is 9.77. The molecule has 1 amide bonds. The number of rotatable bonds is 6. The van der Waals surface area contributed by atoms with Crippen molar-refractivity contribution in [3.05, 3.63) is 35.4 Å². The van der Waals surface area contributed by atoms with Gasteiger partial charge in [0.2, 0.25) is 11.1 Å². The first-order valence-electron chi connectivity index (χ1n) is 8.78. The van der Waals surface area contributed by atoms with Gasteiger partial charge in [-0.1, -0.05) is 49.9 Å². The van der Waals surface area contributed by atoms with Crippen molar-refractivity contribution >= 4 is 17.7 Å². The molecule has 2 aromatic rings. The Morgan fingerprint density at radius 3 is 3.00 bits per heavy atom. The van der Waals surface area contributed by atoms with Gasteiger partial charge in [-0.05, 0) is 46.7 Å². The maximum atomic E-state index is 12.7. The van der Waals surface area contributed by atoms with Crippen molar-refractivity contribution in [3.8, 4) is 0 Å². The zero-order chi connectivity index (χ0) is 17.8. The highest BCUT2D eigenvalue weighted by Gasteiger charge is 2.26. The van der Waals surface area contributed by atoms with Crippen LogP contribution in [0.3, 0.4) is 0 Å². The van der Waals surface area contributed by atoms with E-state index in [1.165, 1.54) is 22.9 Å². The summed E-state index contributed by atoms with van der Waals surface area (Å²) >= 11 is 1.41. The molecule has 1 aromatic heterocycles. The van der Waals surface area contributed by atoms with Crippen LogP contribution in [0.4, 0.5) is 0 Å². The zero-order valence-electron chi connectivity index (χ0n) is 15.1. The highest BCUT2D eigenvalue weighted by molar-refractivity contribution is 7.99. The third kappa shape index (κ3) is 4.21. The predicted molar refractivity (Wildman–Crippen MR) is 98.3 cm³/mol. The Morgan fingerprint density at radius 1 is 1.40 bits per heavy atom. The number of benzene rings is 1. The summed E-state index contributed by atoms with van der Waals surface area (Å²) in [7, 11) is 1.91. The van der Waals surface area contributed by atoms with Gasteiger partial charge < -0.3 is 4.90 Å². The molecule has 3 rings (SSSR count). The normalized spacial score (nSPS) is 16.7. The van der Waals surface area contributed by atoms with Crippen LogP contribution in [0, 0.1) is 5.92 Å². The van der Waals surface area contributed by atoms with E-state index < -0.39 is 0 Å². The van der Waals surface area contributed by atoms with Crippen LogP contribution in [-0.4, -0.2) is 43.8 Å². The molecule has 0 bridgehead atoms. The second-order valence-corrected chi connectivity index (χ2v) is 7.88. The van der Waals surface area contributed by atoms with Crippen molar-refractivity contribution in [2.45, 2.75) is 50.9 Å². The minimum atomic E-state index is 0.116. The first-order chi connectivity index (χ1) is 12.1. The monoisotopic (exact) mass is 359 g/mol. The van der Waals surface area contributed by atoms with E-state index in [-0.39, 0.29) is 11.9 Å². The van der Waals surface area contributed by atoms with Crippen LogP contribution < -0.4 is 0 Å². The number of fused-ring (bicyclic) bond motifs is 1. The van der Waals surface area contributed by atoms with E-state index in [1.54, 1.807) is 4.68 Å². The molecule has 7 heteroatoms. The number of thioether (sulfide) groups is 1. The van der Waals surface area contributed by atoms with Crippen LogP contribution in [-0.2, 0) is 17.8 Å². The van der Waals surface area contributed by atoms with Crippen molar-refractivity contribution in [3.63, 3.8) is 0 Å². The molecule has 1 aromatic carbocycles. The van der Waals surface area contributed by atoms with Gasteiger partial charge in [0, 0.05) is 13.6 Å². The fourth-order valence-corrected chi connectivity index (χ4v) is 4.10. The topological polar surface area (TPSA) is 63.9 Å². The van der Waals surface area contributed by atoms with E-state index in [1.807, 2.05) is 11.9 Å². The maximum Gasteiger partial charge on any atom is 0.233 e. The largest absolute Gasteiger partial charge is 0.338 e. The zero-order valence-corrected chi connectivity index (χ0v) is 15.9. The van der Waals surface area contributed by atoms with Crippen LogP contribution in [0.25, 0.3) is 0 Å². The summed E-state index contributed by atoms with van der Waals surface area (Å²) in [4.78, 5) is 14.6. The van der Waals surface area contributed by atoms with Crippen molar-refractivity contribution in [2.24, 2.45) is 5.92 Å². The molecule has 1 unspecified atom stereocenters. The molecule has 0 radical (unpaired) electrons. The predicted octanol–water partition coefficient (Wildman–Crippen LogP) is 2.96. The third-order valence-corrected chi connectivity index (χ3v) is 5.50. The molecule has 0 N–H and O–H groups in total. The average Bonchev–Trinajstić information content (AvgIpc) is 3.04. The minimum absolute atomic E-state index is 0.116. The minimum Gasteiger partial charge on any atom is -0.338 e. The van der Waals surface area contributed by atoms with Gasteiger partial charge >= 0.3 is 0 Å². The summed E-state index contributed by atoms with van der Waals surface area (Å²) < 4.78 is 1.78. The highest BCUT2D eigenvalue weighted by atomic mass is 32.2. The Morgan fingerprint density at radius 2 is 2.20 bits per heavy atom. The number of aromatic nitrogens is 4. The molecule has 1 atom stereocenters. The van der Waals surface area contributed by atoms with Crippen molar-refractivity contribution in [1.82, 2.24) is 25.1 Å². The van der Waals surface area contributed by atoms with Gasteiger partial charge in [-0.15, -0.1) is 5.10 Å². The Hall–Kier alpha value is -1.89. The first kappa shape index (κ1) is 17.9. The van der Waals surface area contributed by atoms with E-state index in [0.717, 1.165) is 25.8 Å². The standard InChI is InChI=1S/C18H25N5OS/c1-13(2)11-23-18(19-20-21-23)25-12-17(24)22(3)16-10-6-8-14-7-4-5-9-15(14)16/h4-5,7,9,13,16H,6,8,10-12H2,1-3H3. The molecular formula is C18H25N5OS. The quantitative estimate of drug-likeness (QED) is 0.742. The van der Waals surface area contributed by atoms with Crippen LogP contribution in [0.15, 0.2) is 29.4 Å². The van der Waals surface area contributed by atoms with E-state index >= 15 is 0 Å². The second kappa shape index (κ2) is 7.99. The SMILES string of the molecule is CC(C)Cn1nnnc1SCC(=O)N(C)C1CCCc2ccccc21. The summed E-state index contributed by atoms with van der Waals surface area (Å²) in [5.74, 6) is 0.930. The summed E-state index contributed by atoms with van der Waals surface area (Å²) in [6.07, 6.45) is 3.25. The van der Waals surface area contributed by atoms with Gasteiger partial charge in [0.1, 0.15) is 0 Å². The summed E-state index contributed by atoms with van der Waals surface area (Å²) in [6, 6.07) is 8.63. The van der Waals surface area contributed by atoms with Gasteiger partial charge in [-0.2, -0.15) is 0 Å². The summed E-state index contributed by atoms with van der Waals surface area (Å²) in [5.41, 5.74) is 2.66. The molecule has 0 aliphatic heterocycles. The summed E-state index contributed by atoms with van der Waals surface area (Å²) in [6.45, 7) is 5.00. The molecule has 0 fully saturated rings. The maximum absolute atomic E-state index is 12.7. The van der Waals surface area contributed by atoms with Crippen molar-refractivity contribution in [2.75, 3.05) is 12.8 Å². The van der Waals surface area contributed by atoms with E-state index in [0.29, 0.717) is 16.8 Å². The molecule has 0 saturated heterocycles. The van der Waals surface area contributed by atoms with Crippen LogP contribution >= 0.6 is 11.8 Å². The Balaban J connectivity index is 1.63. The lowest BCUT2D eigenvalue weighted by atomic mass is 9.87. The molecule has 1 aliphatic carbocycles. The number of nitrogens with zero attached hydrogens (tertiary/aromatic N) is 5. The van der Waals surface area contributed by atoms with Gasteiger partial charge in [-0.25, -0.2) is 4.68 Å². The number of carbonyl (C=O) groups is 1. The average molecular weight is 359 g/mol. The van der Waals surface area contributed by atoms with E-state index in [9.17, 15) is 4.79 Å². The molecule has 1 heterocycles. The number of amides is 1. The number of hydrogen-bond donors (Lipinski definition) is 0. The van der Waals surface area contributed by atoms with Crippen molar-refractivity contribution < 1.29 is 4.79 Å². The molecule has 6 nitrogen and oxygen atoms in total. The van der Waals surface area contributed by atoms with Gasteiger partial charge in [0.05, 0.1) is 11.8 Å². The highest BCUT2D eigenvalue weighted by Crippen LogP contribution is 2.33. The molecule has 1 aliphatic rings. The Kier molecular flexibility index (Phi) is 5.73. The fraction of sp³-hybridized carbons (Fsp3) is 0.556. The number of aryl methyl sites for hydroxylation is 1. The lowest BCUT2D eigenvalue weighted by molar-refractivity contribution is -0.129. The number of hydrogen-bond acceptors (Lipinski definition) is 5. The van der Waals surface area contributed by atoms with E-state index in [4.69, 9.17) is 0 Å². The number of tetrazole rings is 1. The van der Waals surface area contributed by atoms with Crippen LogP contribution in [0.1, 0.15) is 43.9 Å². The fourth-order valence-electron chi connectivity index (χ4n) is 3.29. The van der Waals surface area contributed by atoms with Crippen LogP contribution in [0.2, 0.25) is 0 Å². The van der Waals surface area contributed by atoms with E-state index in [2.05, 4.69) is 53.6 Å². The number of carbonyl (C=O) groups excluding carboxylic acids is 1. The van der Waals surface area contributed by atoms with Crippen LogP contribution in [0.5, 0.6) is 0 Å². The molecular weight excluding hydrogens is 334 g/mol. The smallest absolute Gasteiger partial charge is 0.233 e. The molecule has 134 valence electrons. The lowest BCUT2D eigenvalue weighted by Crippen LogP contribution is -2.34. The molecule has 0 saturated carbocycles. The second-order valence-electron chi connectivity index (χ2n) is 6.94. The van der Waals surface area contributed by atoms with Gasteiger partial charge in [0.25, 0.3) is 0 Å². The Bertz CT molecular complexity index is 730. The van der Waals surface area contributed by atoms with Crippen molar-refractivity contribution in [1.29, 1.82) is 0 Å². The molecule has 25 heavy (non-hydrogen) atoms. The lowest BCUT2D eigenvalue weighted by Gasteiger charge is -2.33. The summed E-state index contributed by atoms with van der Waals surface area (Å²) in [5, 5.41) is 12.5. The molecule has 0 spiro atoms. The van der Waals surface area contributed by atoms with Gasteiger partial charge in [0.15, 0.2) is 0 Å².